The minimum atomic E-state index is -2.97. The molecular formula is C11H16N3O2P. The molecule has 0 aliphatic carbocycles. The summed E-state index contributed by atoms with van der Waals surface area (Å²) in [6.07, 6.45) is 0.566. The maximum Gasteiger partial charge on any atom is 0.322 e. The molecule has 0 aromatic heterocycles. The third-order valence-electron chi connectivity index (χ3n) is 2.93. The van der Waals surface area contributed by atoms with E-state index in [0.29, 0.717) is 6.42 Å². The molecule has 2 N–H and O–H groups in total. The van der Waals surface area contributed by atoms with Crippen LogP contribution < -0.4 is 5.73 Å². The average Bonchev–Trinajstić information content (AvgIpc) is 2.56. The van der Waals surface area contributed by atoms with Gasteiger partial charge in [0.15, 0.2) is 11.7 Å². The summed E-state index contributed by atoms with van der Waals surface area (Å²) in [5.74, 6) is -0.143. The van der Waals surface area contributed by atoms with Crippen LogP contribution in [-0.4, -0.2) is 30.6 Å². The highest BCUT2D eigenvalue weighted by Gasteiger charge is 2.44. The molecule has 1 aliphatic heterocycles. The molecule has 1 aliphatic rings. The fraction of sp³-hybridized carbons (Fsp3) is 0.364. The first-order valence-electron chi connectivity index (χ1n) is 5.35. The predicted molar refractivity (Wildman–Crippen MR) is 67.9 cm³/mol. The van der Waals surface area contributed by atoms with Gasteiger partial charge in [-0.15, -0.1) is 0 Å². The van der Waals surface area contributed by atoms with Crippen molar-refractivity contribution in [1.82, 2.24) is 4.67 Å². The summed E-state index contributed by atoms with van der Waals surface area (Å²) in [6, 6.07) is 9.78. The molecule has 2 unspecified atom stereocenters. The van der Waals surface area contributed by atoms with Gasteiger partial charge in [-0.05, 0) is 5.56 Å². The van der Waals surface area contributed by atoms with Crippen molar-refractivity contribution in [1.29, 1.82) is 0 Å². The van der Waals surface area contributed by atoms with Gasteiger partial charge in [0.1, 0.15) is 0 Å². The van der Waals surface area contributed by atoms with Crippen LogP contribution in [0.25, 0.3) is 0 Å². The lowest BCUT2D eigenvalue weighted by molar-refractivity contribution is 0.356. The van der Waals surface area contributed by atoms with Crippen LogP contribution in [0.2, 0.25) is 0 Å². The molecule has 17 heavy (non-hydrogen) atoms. The van der Waals surface area contributed by atoms with Gasteiger partial charge in [-0.25, -0.2) is 4.99 Å². The van der Waals surface area contributed by atoms with Gasteiger partial charge in [0.05, 0.1) is 0 Å². The Bertz CT molecular complexity index is 475. The Labute approximate surface area is 101 Å². The summed E-state index contributed by atoms with van der Waals surface area (Å²) in [7, 11) is 0.112. The van der Waals surface area contributed by atoms with Gasteiger partial charge in [-0.3, -0.25) is 9.24 Å². The second-order valence-electron chi connectivity index (χ2n) is 3.93. The van der Waals surface area contributed by atoms with E-state index in [1.807, 2.05) is 30.3 Å². The van der Waals surface area contributed by atoms with Crippen molar-refractivity contribution in [3.63, 3.8) is 0 Å². The molecule has 0 radical (unpaired) electrons. The summed E-state index contributed by atoms with van der Waals surface area (Å²) in [4.78, 5) is 4.22. The number of hydrogen-bond donors (Lipinski definition) is 1. The van der Waals surface area contributed by atoms with Crippen molar-refractivity contribution in [2.45, 2.75) is 12.2 Å². The summed E-state index contributed by atoms with van der Waals surface area (Å²) in [6.45, 7) is 0. The standard InChI is InChI=1S/C11H16N3O2P/c1-14-11(12)13-10(17(14,15)16-2)8-9-6-4-3-5-7-9/h3-7,10H,8H2,1-2H3,(H2,12,13). The van der Waals surface area contributed by atoms with Crippen molar-refractivity contribution in [3.05, 3.63) is 35.9 Å². The van der Waals surface area contributed by atoms with Crippen LogP contribution in [0.5, 0.6) is 0 Å². The highest BCUT2D eigenvalue weighted by molar-refractivity contribution is 7.58. The number of guanidine groups is 1. The smallest absolute Gasteiger partial charge is 0.322 e. The van der Waals surface area contributed by atoms with E-state index in [0.717, 1.165) is 5.56 Å². The molecular weight excluding hydrogens is 237 g/mol. The van der Waals surface area contributed by atoms with Crippen LogP contribution in [0.3, 0.4) is 0 Å². The minimum Gasteiger partial charge on any atom is -0.369 e. The summed E-state index contributed by atoms with van der Waals surface area (Å²) >= 11 is 0. The first-order chi connectivity index (χ1) is 8.08. The molecule has 0 bridgehead atoms. The topological polar surface area (TPSA) is 67.9 Å². The Morgan fingerprint density at radius 1 is 1.47 bits per heavy atom. The summed E-state index contributed by atoms with van der Waals surface area (Å²) in [5, 5.41) is 0. The van der Waals surface area contributed by atoms with E-state index in [-0.39, 0.29) is 5.96 Å². The first kappa shape index (κ1) is 12.1. The molecule has 0 saturated heterocycles. The zero-order valence-electron chi connectivity index (χ0n) is 9.91. The third kappa shape index (κ3) is 2.08. The SMILES string of the molecule is COP1(=O)C(Cc2ccccc2)N=C(N)N1C. The van der Waals surface area contributed by atoms with Gasteiger partial charge in [-0.2, -0.15) is 0 Å². The fourth-order valence-electron chi connectivity index (χ4n) is 1.88. The molecule has 5 nitrogen and oxygen atoms in total. The van der Waals surface area contributed by atoms with Gasteiger partial charge in [0.2, 0.25) is 0 Å². The molecule has 1 aromatic rings. The maximum atomic E-state index is 12.6. The number of aliphatic imine (C=N–C) groups is 1. The second-order valence-corrected chi connectivity index (χ2v) is 6.62. The van der Waals surface area contributed by atoms with Crippen LogP contribution >= 0.6 is 7.52 Å². The normalized spacial score (nSPS) is 28.2. The first-order valence-corrected chi connectivity index (χ1v) is 6.99. The van der Waals surface area contributed by atoms with E-state index >= 15 is 0 Å². The molecule has 0 spiro atoms. The van der Waals surface area contributed by atoms with E-state index in [4.69, 9.17) is 10.3 Å². The Morgan fingerprint density at radius 3 is 2.71 bits per heavy atom. The molecule has 0 fully saturated rings. The van der Waals surface area contributed by atoms with Crippen LogP contribution in [-0.2, 0) is 15.5 Å². The predicted octanol–water partition coefficient (Wildman–Crippen LogP) is 1.65. The van der Waals surface area contributed by atoms with Crippen molar-refractivity contribution < 1.29 is 9.09 Å². The van der Waals surface area contributed by atoms with Crippen LogP contribution in [0.1, 0.15) is 5.56 Å². The Kier molecular flexibility index (Phi) is 3.22. The lowest BCUT2D eigenvalue weighted by Crippen LogP contribution is -2.27. The van der Waals surface area contributed by atoms with E-state index < -0.39 is 13.3 Å². The zero-order chi connectivity index (χ0) is 12.5. The highest BCUT2D eigenvalue weighted by Crippen LogP contribution is 2.58. The van der Waals surface area contributed by atoms with Crippen molar-refractivity contribution in [2.24, 2.45) is 10.7 Å². The van der Waals surface area contributed by atoms with E-state index in [1.165, 1.54) is 11.8 Å². The van der Waals surface area contributed by atoms with Crippen molar-refractivity contribution >= 4 is 13.5 Å². The number of nitrogens with zero attached hydrogens (tertiary/aromatic N) is 2. The zero-order valence-corrected chi connectivity index (χ0v) is 10.8. The molecule has 0 saturated carbocycles. The molecule has 92 valence electrons. The quantitative estimate of drug-likeness (QED) is 0.832. The number of benzene rings is 1. The van der Waals surface area contributed by atoms with E-state index in [2.05, 4.69) is 4.99 Å². The Morgan fingerprint density at radius 2 is 2.12 bits per heavy atom. The number of rotatable bonds is 3. The van der Waals surface area contributed by atoms with Gasteiger partial charge in [0.25, 0.3) is 0 Å². The van der Waals surface area contributed by atoms with Crippen LogP contribution in [0.15, 0.2) is 35.3 Å². The summed E-state index contributed by atoms with van der Waals surface area (Å²) in [5.41, 5.74) is 6.77. The molecule has 2 rings (SSSR count). The average molecular weight is 253 g/mol. The van der Waals surface area contributed by atoms with E-state index in [9.17, 15) is 4.57 Å². The molecule has 2 atom stereocenters. The Hall–Kier alpha value is -1.32. The van der Waals surface area contributed by atoms with Crippen molar-refractivity contribution in [3.8, 4) is 0 Å². The molecule has 1 aromatic carbocycles. The van der Waals surface area contributed by atoms with Crippen LogP contribution in [0, 0.1) is 0 Å². The van der Waals surface area contributed by atoms with Crippen molar-refractivity contribution in [2.75, 3.05) is 14.2 Å². The molecule has 6 heteroatoms. The van der Waals surface area contributed by atoms with E-state index in [1.54, 1.807) is 7.05 Å². The second kappa shape index (κ2) is 4.51. The van der Waals surface area contributed by atoms with Gasteiger partial charge >= 0.3 is 7.52 Å². The largest absolute Gasteiger partial charge is 0.369 e. The minimum absolute atomic E-state index is 0.274. The molecule has 1 heterocycles. The van der Waals surface area contributed by atoms with Gasteiger partial charge in [0, 0.05) is 20.6 Å². The maximum absolute atomic E-state index is 12.6. The number of hydrogen-bond acceptors (Lipinski definition) is 4. The third-order valence-corrected chi connectivity index (χ3v) is 5.55. The lowest BCUT2D eigenvalue weighted by Gasteiger charge is -2.23. The Balaban J connectivity index is 2.24. The summed E-state index contributed by atoms with van der Waals surface area (Å²) < 4.78 is 19.2. The molecule has 0 amide bonds. The number of nitrogens with two attached hydrogens (primary N) is 1. The van der Waals surface area contributed by atoms with Gasteiger partial charge in [-0.1, -0.05) is 30.3 Å². The van der Waals surface area contributed by atoms with Crippen LogP contribution in [0.4, 0.5) is 0 Å². The van der Waals surface area contributed by atoms with Gasteiger partial charge < -0.3 is 10.3 Å². The highest BCUT2D eigenvalue weighted by atomic mass is 31.2. The monoisotopic (exact) mass is 253 g/mol. The fourth-order valence-corrected chi connectivity index (χ4v) is 3.81. The lowest BCUT2D eigenvalue weighted by atomic mass is 10.1.